The average molecular weight is 725 g/mol. The van der Waals surface area contributed by atoms with E-state index in [2.05, 4.69) is 20.5 Å². The minimum atomic E-state index is -1.97. The molecule has 0 unspecified atom stereocenters. The van der Waals surface area contributed by atoms with Crippen LogP contribution in [0.3, 0.4) is 0 Å². The Kier molecular flexibility index (Phi) is 11.2. The van der Waals surface area contributed by atoms with Crippen LogP contribution in [-0.2, 0) is 3.79 Å². The molecule has 1 N–H and O–H groups in total. The van der Waals surface area contributed by atoms with E-state index in [0.29, 0.717) is 22.3 Å². The van der Waals surface area contributed by atoms with Gasteiger partial charge in [0.15, 0.2) is 5.82 Å². The van der Waals surface area contributed by atoms with Gasteiger partial charge in [-0.15, -0.1) is 9.78 Å². The highest BCUT2D eigenvalue weighted by atomic mass is 35.6. The predicted octanol–water partition coefficient (Wildman–Crippen LogP) is 6.80. The zero-order valence-corrected chi connectivity index (χ0v) is 27.4. The molecule has 0 saturated heterocycles. The number of carboxylic acids is 1. The Balaban J connectivity index is 0.000000204. The van der Waals surface area contributed by atoms with Crippen molar-refractivity contribution in [3.63, 3.8) is 0 Å². The third-order valence-corrected chi connectivity index (χ3v) is 8.00. The van der Waals surface area contributed by atoms with Gasteiger partial charge in [0.2, 0.25) is 3.79 Å². The SMILES string of the molecule is CCN(C(=O)n1nnn(-c2ccccc2Cl)c1=O)C1CCCCC1.O=C(O)c1nc(C(Cl)(Cl)Cl)n(-c2ccc(Cl)cc2Cl)n1. The number of rotatable bonds is 5. The van der Waals surface area contributed by atoms with Crippen molar-refractivity contribution in [3.8, 4) is 11.4 Å². The Hall–Kier alpha value is -2.87. The van der Waals surface area contributed by atoms with Crippen LogP contribution in [0.5, 0.6) is 0 Å². The maximum absolute atomic E-state index is 12.8. The molecule has 1 aliphatic carbocycles. The van der Waals surface area contributed by atoms with E-state index in [0.717, 1.165) is 39.7 Å². The van der Waals surface area contributed by atoms with Crippen molar-refractivity contribution >= 4 is 81.6 Å². The van der Waals surface area contributed by atoms with Crippen molar-refractivity contribution < 1.29 is 14.7 Å². The lowest BCUT2D eigenvalue weighted by Crippen LogP contribution is -2.46. The first-order valence-corrected chi connectivity index (χ1v) is 15.4. The van der Waals surface area contributed by atoms with Gasteiger partial charge < -0.3 is 10.0 Å². The summed E-state index contributed by atoms with van der Waals surface area (Å²) < 4.78 is 0.954. The number of carbonyl (C=O) groups excluding carboxylic acids is 1. The van der Waals surface area contributed by atoms with Gasteiger partial charge in [0, 0.05) is 17.6 Å². The van der Waals surface area contributed by atoms with Crippen LogP contribution in [0.15, 0.2) is 47.3 Å². The number of benzene rings is 2. The summed E-state index contributed by atoms with van der Waals surface area (Å²) in [7, 11) is 0. The molecule has 1 aliphatic rings. The van der Waals surface area contributed by atoms with Crippen LogP contribution in [0.1, 0.15) is 55.5 Å². The average Bonchev–Trinajstić information content (AvgIpc) is 3.59. The second-order valence-electron chi connectivity index (χ2n) is 9.47. The van der Waals surface area contributed by atoms with E-state index >= 15 is 0 Å². The molecule has 44 heavy (non-hydrogen) atoms. The number of aromatic carboxylic acids is 1. The Morgan fingerprint density at radius 2 is 1.61 bits per heavy atom. The molecule has 0 radical (unpaired) electrons. The van der Waals surface area contributed by atoms with Crippen LogP contribution in [0.25, 0.3) is 11.4 Å². The molecule has 2 aromatic heterocycles. The number of alkyl halides is 3. The lowest BCUT2D eigenvalue weighted by Gasteiger charge is -2.32. The molecule has 5 rings (SSSR count). The molecule has 2 aromatic carbocycles. The number of carboxylic acid groups (broad SMARTS) is 1. The van der Waals surface area contributed by atoms with Crippen LogP contribution in [-0.4, -0.2) is 69.1 Å². The van der Waals surface area contributed by atoms with Crippen LogP contribution < -0.4 is 5.69 Å². The zero-order valence-electron chi connectivity index (χ0n) is 22.9. The van der Waals surface area contributed by atoms with Gasteiger partial charge in [0.25, 0.3) is 5.82 Å². The van der Waals surface area contributed by atoms with E-state index in [-0.39, 0.29) is 22.6 Å². The Morgan fingerprint density at radius 3 is 2.20 bits per heavy atom. The van der Waals surface area contributed by atoms with Crippen molar-refractivity contribution in [2.45, 2.75) is 48.9 Å². The van der Waals surface area contributed by atoms with Gasteiger partial charge in [-0.1, -0.05) is 101 Å². The first kappa shape index (κ1) is 34.0. The van der Waals surface area contributed by atoms with E-state index in [1.807, 2.05) is 6.92 Å². The fraction of sp³-hybridized carbons (Fsp3) is 0.346. The summed E-state index contributed by atoms with van der Waals surface area (Å²) in [5.74, 6) is -2.06. The van der Waals surface area contributed by atoms with Crippen molar-refractivity contribution in [1.29, 1.82) is 0 Å². The number of hydrogen-bond acceptors (Lipinski definition) is 7. The molecule has 0 bridgehead atoms. The van der Waals surface area contributed by atoms with Crippen LogP contribution in [0.2, 0.25) is 15.1 Å². The van der Waals surface area contributed by atoms with Gasteiger partial charge >= 0.3 is 17.7 Å². The smallest absolute Gasteiger partial charge is 0.377 e. The van der Waals surface area contributed by atoms with Gasteiger partial charge in [0.1, 0.15) is 0 Å². The van der Waals surface area contributed by atoms with Gasteiger partial charge in [-0.05, 0) is 60.5 Å². The molecule has 2 heterocycles. The number of tetrazole rings is 1. The standard InChI is InChI=1S/C16H20ClN5O2.C10H4Cl5N3O2/c1-2-20(12-8-4-3-5-9-12)15(23)22-16(24)21(18-19-22)14-11-7-6-10-13(14)17;11-4-1-2-6(5(12)3-4)18-9(10(13,14)15)16-7(17-18)8(19)20/h6-7,10-12H,2-5,8-9H2,1H3;1-3H,(H,19,20). The summed E-state index contributed by atoms with van der Waals surface area (Å²) in [6.07, 6.45) is 5.34. The van der Waals surface area contributed by atoms with Crippen LogP contribution in [0.4, 0.5) is 4.79 Å². The molecule has 12 nitrogen and oxygen atoms in total. The largest absolute Gasteiger partial charge is 0.475 e. The summed E-state index contributed by atoms with van der Waals surface area (Å²) in [5, 5.41) is 21.2. The molecule has 1 fully saturated rings. The molecule has 1 saturated carbocycles. The number of halogens is 6. The number of para-hydroxylation sites is 1. The summed E-state index contributed by atoms with van der Waals surface area (Å²) in [6, 6.07) is 11.0. The number of aromatic nitrogens is 7. The summed E-state index contributed by atoms with van der Waals surface area (Å²) in [5.41, 5.74) is 0.0867. The molecule has 0 aliphatic heterocycles. The maximum Gasteiger partial charge on any atom is 0.377 e. The summed E-state index contributed by atoms with van der Waals surface area (Å²) >= 11 is 35.2. The highest BCUT2D eigenvalue weighted by Gasteiger charge is 2.33. The summed E-state index contributed by atoms with van der Waals surface area (Å²) in [6.45, 7) is 2.45. The third-order valence-electron chi connectivity index (χ3n) is 6.63. The number of amides is 1. The van der Waals surface area contributed by atoms with E-state index < -0.39 is 27.3 Å². The van der Waals surface area contributed by atoms with Gasteiger partial charge in [-0.3, -0.25) is 0 Å². The van der Waals surface area contributed by atoms with Crippen molar-refractivity contribution in [3.05, 3.63) is 79.7 Å². The second-order valence-corrected chi connectivity index (χ2v) is 13.0. The lowest BCUT2D eigenvalue weighted by molar-refractivity contribution is 0.0683. The fourth-order valence-electron chi connectivity index (χ4n) is 4.61. The van der Waals surface area contributed by atoms with E-state index in [1.54, 1.807) is 29.2 Å². The van der Waals surface area contributed by atoms with Crippen molar-refractivity contribution in [1.82, 2.24) is 39.5 Å². The monoisotopic (exact) mass is 722 g/mol. The van der Waals surface area contributed by atoms with E-state index in [4.69, 9.17) is 74.7 Å². The molecule has 0 spiro atoms. The first-order valence-electron chi connectivity index (χ1n) is 13.2. The zero-order chi connectivity index (χ0) is 32.2. The summed E-state index contributed by atoms with van der Waals surface area (Å²) in [4.78, 5) is 41.7. The predicted molar refractivity (Wildman–Crippen MR) is 168 cm³/mol. The minimum Gasteiger partial charge on any atom is -0.475 e. The topological polar surface area (TPSA) is 141 Å². The molecule has 1 amide bonds. The van der Waals surface area contributed by atoms with Gasteiger partial charge in [-0.25, -0.2) is 24.0 Å². The Morgan fingerprint density at radius 1 is 0.955 bits per heavy atom. The molecule has 0 atom stereocenters. The lowest BCUT2D eigenvalue weighted by atomic mass is 9.94. The highest BCUT2D eigenvalue weighted by molar-refractivity contribution is 6.66. The number of hydrogen-bond donors (Lipinski definition) is 1. The molecule has 234 valence electrons. The number of nitrogens with zero attached hydrogens (tertiary/aromatic N) is 8. The second kappa shape index (κ2) is 14.5. The maximum atomic E-state index is 12.8. The third kappa shape index (κ3) is 7.67. The molecular weight excluding hydrogens is 701 g/mol. The van der Waals surface area contributed by atoms with Crippen molar-refractivity contribution in [2.75, 3.05) is 6.54 Å². The molecule has 18 heteroatoms. The normalized spacial score (nSPS) is 13.7. The van der Waals surface area contributed by atoms with Gasteiger partial charge in [-0.2, -0.15) is 4.68 Å². The van der Waals surface area contributed by atoms with E-state index in [9.17, 15) is 14.4 Å². The quantitative estimate of drug-likeness (QED) is 0.175. The Bertz CT molecular complexity index is 1710. The van der Waals surface area contributed by atoms with Crippen LogP contribution in [0, 0.1) is 0 Å². The number of carbonyl (C=O) groups is 2. The highest BCUT2D eigenvalue weighted by Crippen LogP contribution is 2.39. The first-order chi connectivity index (χ1) is 20.8. The van der Waals surface area contributed by atoms with Gasteiger partial charge in [0.05, 0.1) is 21.4 Å². The minimum absolute atomic E-state index is 0.161. The fourth-order valence-corrected chi connectivity index (χ4v) is 5.68. The molecule has 4 aromatic rings. The van der Waals surface area contributed by atoms with Crippen molar-refractivity contribution in [2.24, 2.45) is 0 Å². The molecular formula is C26H24Cl6N8O4. The van der Waals surface area contributed by atoms with E-state index in [1.165, 1.54) is 24.6 Å². The Labute approximate surface area is 280 Å². The van der Waals surface area contributed by atoms with Crippen LogP contribution >= 0.6 is 69.6 Å².